The largest absolute Gasteiger partial charge is 0.285 e. The van der Waals surface area contributed by atoms with E-state index in [0.717, 1.165) is 21.5 Å². The Hall–Kier alpha value is -2.78. The van der Waals surface area contributed by atoms with E-state index >= 15 is 0 Å². The average molecular weight is 316 g/mol. The second-order valence-electron chi connectivity index (χ2n) is 5.33. The van der Waals surface area contributed by atoms with Crippen LogP contribution in [0, 0.1) is 0 Å². The molecule has 0 N–H and O–H groups in total. The molecule has 0 saturated carbocycles. The molecule has 4 aromatic rings. The van der Waals surface area contributed by atoms with Crippen LogP contribution < -0.4 is 0 Å². The first-order valence-electron chi connectivity index (χ1n) is 7.29. The Morgan fingerprint density at radius 3 is 1.87 bits per heavy atom. The molecule has 0 saturated heterocycles. The Kier molecular flexibility index (Phi) is 3.28. The molecule has 1 aromatic heterocycles. The standard InChI is InChI=1S/C20H12O2S/c21-19(17-10-5-11-23-17)20(22)18-15-8-3-1-6-13(15)12-14-7-2-4-9-16(14)18/h1-12H. The number of thiophene rings is 1. The van der Waals surface area contributed by atoms with Crippen molar-refractivity contribution in [2.24, 2.45) is 0 Å². The third-order valence-corrected chi connectivity index (χ3v) is 4.82. The van der Waals surface area contributed by atoms with E-state index in [1.165, 1.54) is 11.3 Å². The molecule has 0 atom stereocenters. The average Bonchev–Trinajstić information content (AvgIpc) is 3.13. The van der Waals surface area contributed by atoms with Crippen LogP contribution in [0.25, 0.3) is 21.5 Å². The van der Waals surface area contributed by atoms with Crippen LogP contribution in [0.4, 0.5) is 0 Å². The molecule has 0 spiro atoms. The molecule has 0 aliphatic rings. The van der Waals surface area contributed by atoms with E-state index in [0.29, 0.717) is 10.4 Å². The van der Waals surface area contributed by atoms with Crippen LogP contribution in [0.15, 0.2) is 72.1 Å². The van der Waals surface area contributed by atoms with Gasteiger partial charge in [0.25, 0.3) is 0 Å². The highest BCUT2D eigenvalue weighted by molar-refractivity contribution is 7.13. The quantitative estimate of drug-likeness (QED) is 0.299. The molecular formula is C20H12O2S. The van der Waals surface area contributed by atoms with Crippen LogP contribution in [0.3, 0.4) is 0 Å². The van der Waals surface area contributed by atoms with Gasteiger partial charge in [-0.1, -0.05) is 54.6 Å². The summed E-state index contributed by atoms with van der Waals surface area (Å²) in [4.78, 5) is 26.0. The summed E-state index contributed by atoms with van der Waals surface area (Å²) in [5, 5.41) is 5.38. The van der Waals surface area contributed by atoms with Gasteiger partial charge in [0, 0.05) is 5.56 Å². The number of ketones is 2. The molecule has 1 heterocycles. The summed E-state index contributed by atoms with van der Waals surface area (Å²) >= 11 is 1.29. The lowest BCUT2D eigenvalue weighted by molar-refractivity contribution is 0.0821. The van der Waals surface area contributed by atoms with Crippen LogP contribution in [-0.2, 0) is 0 Å². The fraction of sp³-hybridized carbons (Fsp3) is 0. The van der Waals surface area contributed by atoms with E-state index < -0.39 is 11.6 Å². The first-order valence-corrected chi connectivity index (χ1v) is 8.17. The minimum absolute atomic E-state index is 0.443. The van der Waals surface area contributed by atoms with Gasteiger partial charge in [0.05, 0.1) is 4.88 Å². The molecule has 2 nitrogen and oxygen atoms in total. The molecule has 3 aromatic carbocycles. The van der Waals surface area contributed by atoms with Crippen molar-refractivity contribution >= 4 is 44.4 Å². The van der Waals surface area contributed by atoms with Gasteiger partial charge in [-0.3, -0.25) is 9.59 Å². The van der Waals surface area contributed by atoms with Crippen LogP contribution in [0.2, 0.25) is 0 Å². The van der Waals surface area contributed by atoms with E-state index in [9.17, 15) is 9.59 Å². The third-order valence-electron chi connectivity index (χ3n) is 3.95. The van der Waals surface area contributed by atoms with Gasteiger partial charge in [0.15, 0.2) is 0 Å². The SMILES string of the molecule is O=C(C(=O)c1c2ccccc2cc2ccccc12)c1cccs1. The van der Waals surface area contributed by atoms with Crippen LogP contribution in [0.5, 0.6) is 0 Å². The maximum absolute atomic E-state index is 12.9. The Morgan fingerprint density at radius 2 is 1.30 bits per heavy atom. The van der Waals surface area contributed by atoms with Crippen molar-refractivity contribution in [2.45, 2.75) is 0 Å². The summed E-state index contributed by atoms with van der Waals surface area (Å²) in [5.74, 6) is -0.887. The predicted octanol–water partition coefficient (Wildman–Crippen LogP) is 5.12. The lowest BCUT2D eigenvalue weighted by Gasteiger charge is -2.09. The second kappa shape index (κ2) is 5.45. The molecule has 110 valence electrons. The van der Waals surface area contributed by atoms with Gasteiger partial charge >= 0.3 is 0 Å². The van der Waals surface area contributed by atoms with Crippen molar-refractivity contribution in [1.29, 1.82) is 0 Å². The summed E-state index contributed by atoms with van der Waals surface area (Å²) in [6.07, 6.45) is 0. The molecule has 3 heteroatoms. The zero-order chi connectivity index (χ0) is 15.8. The number of fused-ring (bicyclic) bond motifs is 2. The van der Waals surface area contributed by atoms with E-state index in [1.807, 2.05) is 53.9 Å². The molecule has 23 heavy (non-hydrogen) atoms. The number of rotatable bonds is 3. The molecular weight excluding hydrogens is 304 g/mol. The summed E-state index contributed by atoms with van der Waals surface area (Å²) < 4.78 is 0. The topological polar surface area (TPSA) is 34.1 Å². The Morgan fingerprint density at radius 1 is 0.696 bits per heavy atom. The maximum Gasteiger partial charge on any atom is 0.243 e. The normalized spacial score (nSPS) is 11.0. The highest BCUT2D eigenvalue weighted by Crippen LogP contribution is 2.29. The van der Waals surface area contributed by atoms with Gasteiger partial charge in [-0.15, -0.1) is 11.3 Å². The molecule has 4 rings (SSSR count). The zero-order valence-corrected chi connectivity index (χ0v) is 13.0. The number of Topliss-reactive ketones (excluding diaryl/α,β-unsaturated/α-hetero) is 2. The Balaban J connectivity index is 2.03. The molecule has 0 fully saturated rings. The molecule has 0 radical (unpaired) electrons. The van der Waals surface area contributed by atoms with Crippen LogP contribution in [-0.4, -0.2) is 11.6 Å². The first-order chi connectivity index (χ1) is 11.3. The van der Waals surface area contributed by atoms with Gasteiger partial charge < -0.3 is 0 Å². The lowest BCUT2D eigenvalue weighted by Crippen LogP contribution is -2.14. The highest BCUT2D eigenvalue weighted by atomic mass is 32.1. The van der Waals surface area contributed by atoms with Gasteiger partial charge in [-0.25, -0.2) is 0 Å². The summed E-state index contributed by atoms with van der Waals surface area (Å²) in [6, 6.07) is 20.9. The Bertz CT molecular complexity index is 992. The van der Waals surface area contributed by atoms with Gasteiger partial charge in [0.2, 0.25) is 11.6 Å². The minimum atomic E-state index is -0.444. The molecule has 0 aliphatic heterocycles. The summed E-state index contributed by atoms with van der Waals surface area (Å²) in [5.41, 5.74) is 0.497. The minimum Gasteiger partial charge on any atom is -0.285 e. The summed E-state index contributed by atoms with van der Waals surface area (Å²) in [7, 11) is 0. The molecule has 0 aliphatic carbocycles. The van der Waals surface area contributed by atoms with E-state index in [-0.39, 0.29) is 0 Å². The lowest BCUT2D eigenvalue weighted by atomic mass is 9.92. The van der Waals surface area contributed by atoms with Gasteiger partial charge in [0.1, 0.15) is 0 Å². The molecule has 0 unspecified atom stereocenters. The zero-order valence-electron chi connectivity index (χ0n) is 12.2. The van der Waals surface area contributed by atoms with Crippen molar-refractivity contribution in [3.05, 3.63) is 82.6 Å². The third kappa shape index (κ3) is 2.26. The predicted molar refractivity (Wildman–Crippen MR) is 94.4 cm³/mol. The van der Waals surface area contributed by atoms with Crippen molar-refractivity contribution in [1.82, 2.24) is 0 Å². The fourth-order valence-electron chi connectivity index (χ4n) is 2.89. The first kappa shape index (κ1) is 13.9. The second-order valence-corrected chi connectivity index (χ2v) is 6.28. The van der Waals surface area contributed by atoms with E-state index in [1.54, 1.807) is 12.1 Å². The smallest absolute Gasteiger partial charge is 0.243 e. The molecule has 0 bridgehead atoms. The summed E-state index contributed by atoms with van der Waals surface area (Å²) in [6.45, 7) is 0. The van der Waals surface area contributed by atoms with Gasteiger partial charge in [-0.05, 0) is 39.1 Å². The van der Waals surface area contributed by atoms with E-state index in [4.69, 9.17) is 0 Å². The number of hydrogen-bond acceptors (Lipinski definition) is 3. The fourth-order valence-corrected chi connectivity index (χ4v) is 3.55. The number of benzene rings is 3. The van der Waals surface area contributed by atoms with Crippen LogP contribution >= 0.6 is 11.3 Å². The number of hydrogen-bond donors (Lipinski definition) is 0. The number of carbonyl (C=O) groups excluding carboxylic acids is 2. The highest BCUT2D eigenvalue weighted by Gasteiger charge is 2.23. The van der Waals surface area contributed by atoms with Crippen LogP contribution in [0.1, 0.15) is 20.0 Å². The monoisotopic (exact) mass is 316 g/mol. The Labute approximate surface area is 137 Å². The van der Waals surface area contributed by atoms with E-state index in [2.05, 4.69) is 6.07 Å². The van der Waals surface area contributed by atoms with Crippen molar-refractivity contribution in [2.75, 3.05) is 0 Å². The molecule has 0 amide bonds. The van der Waals surface area contributed by atoms with Gasteiger partial charge in [-0.2, -0.15) is 0 Å². The maximum atomic E-state index is 12.9. The van der Waals surface area contributed by atoms with Crippen molar-refractivity contribution in [3.8, 4) is 0 Å². The number of carbonyl (C=O) groups is 2. The van der Waals surface area contributed by atoms with Crippen molar-refractivity contribution in [3.63, 3.8) is 0 Å². The van der Waals surface area contributed by atoms with Crippen molar-refractivity contribution < 1.29 is 9.59 Å².